The summed E-state index contributed by atoms with van der Waals surface area (Å²) in [5, 5.41) is 0.686. The number of methoxy groups -OCH3 is 1. The fourth-order valence-electron chi connectivity index (χ4n) is 2.80. The lowest BCUT2D eigenvalue weighted by Gasteiger charge is -2.31. The third-order valence-electron chi connectivity index (χ3n) is 3.81. The second-order valence-electron chi connectivity index (χ2n) is 5.26. The third kappa shape index (κ3) is 2.91. The minimum atomic E-state index is -0.0759. The molecule has 0 saturated carbocycles. The lowest BCUT2D eigenvalue weighted by atomic mass is 9.91. The first-order valence-electron chi connectivity index (χ1n) is 6.97. The quantitative estimate of drug-likeness (QED) is 0.931. The van der Waals surface area contributed by atoms with Crippen molar-refractivity contribution in [2.75, 3.05) is 7.11 Å². The van der Waals surface area contributed by atoms with Gasteiger partial charge >= 0.3 is 0 Å². The molecule has 0 aliphatic carbocycles. The molecule has 110 valence electrons. The van der Waals surface area contributed by atoms with Crippen molar-refractivity contribution in [3.63, 3.8) is 0 Å². The lowest BCUT2D eigenvalue weighted by Crippen LogP contribution is -2.24. The summed E-state index contributed by atoms with van der Waals surface area (Å²) in [6, 6.07) is 13.7. The van der Waals surface area contributed by atoms with Gasteiger partial charge in [0.2, 0.25) is 0 Å². The minimum absolute atomic E-state index is 0.0555. The van der Waals surface area contributed by atoms with Gasteiger partial charge in [0, 0.05) is 30.2 Å². The highest BCUT2D eigenvalue weighted by Gasteiger charge is 2.28. The van der Waals surface area contributed by atoms with E-state index in [2.05, 4.69) is 12.1 Å². The molecule has 0 fully saturated rings. The number of fused-ring (bicyclic) bond motifs is 1. The van der Waals surface area contributed by atoms with Crippen LogP contribution in [0, 0.1) is 0 Å². The van der Waals surface area contributed by atoms with Gasteiger partial charge in [-0.2, -0.15) is 0 Å². The second-order valence-corrected chi connectivity index (χ2v) is 5.70. The molecule has 2 N–H and O–H groups in total. The first kappa shape index (κ1) is 14.4. The Balaban J connectivity index is 1.94. The van der Waals surface area contributed by atoms with Crippen LogP contribution in [0.5, 0.6) is 5.75 Å². The summed E-state index contributed by atoms with van der Waals surface area (Å²) in [7, 11) is 1.70. The van der Waals surface area contributed by atoms with Crippen LogP contribution in [0.15, 0.2) is 42.5 Å². The first-order chi connectivity index (χ1) is 10.2. The smallest absolute Gasteiger partial charge is 0.126 e. The average molecular weight is 304 g/mol. The number of halogens is 1. The molecule has 1 heterocycles. The van der Waals surface area contributed by atoms with Crippen LogP contribution >= 0.6 is 11.6 Å². The zero-order chi connectivity index (χ0) is 14.8. The SMILES string of the molecule is COCc1ccccc1C1CC(N)c2cc(Cl)ccc2O1. The van der Waals surface area contributed by atoms with E-state index >= 15 is 0 Å². The van der Waals surface area contributed by atoms with Gasteiger partial charge in [-0.15, -0.1) is 0 Å². The van der Waals surface area contributed by atoms with Crippen LogP contribution in [0.2, 0.25) is 5.02 Å². The molecule has 0 aromatic heterocycles. The molecule has 4 heteroatoms. The van der Waals surface area contributed by atoms with Gasteiger partial charge in [0.1, 0.15) is 11.9 Å². The van der Waals surface area contributed by atoms with Gasteiger partial charge in [-0.25, -0.2) is 0 Å². The summed E-state index contributed by atoms with van der Waals surface area (Å²) in [4.78, 5) is 0. The van der Waals surface area contributed by atoms with Crippen molar-refractivity contribution in [3.8, 4) is 5.75 Å². The molecule has 3 rings (SSSR count). The Labute approximate surface area is 129 Å². The summed E-state index contributed by atoms with van der Waals surface area (Å²) >= 11 is 6.03. The van der Waals surface area contributed by atoms with Gasteiger partial charge in [0.15, 0.2) is 0 Å². The predicted molar refractivity (Wildman–Crippen MR) is 83.5 cm³/mol. The molecule has 2 aromatic carbocycles. The molecule has 21 heavy (non-hydrogen) atoms. The average Bonchev–Trinajstić information content (AvgIpc) is 2.49. The molecule has 0 saturated heterocycles. The van der Waals surface area contributed by atoms with Crippen LogP contribution in [0.1, 0.15) is 35.3 Å². The van der Waals surface area contributed by atoms with Crippen molar-refractivity contribution in [1.82, 2.24) is 0 Å². The fraction of sp³-hybridized carbons (Fsp3) is 0.294. The first-order valence-corrected chi connectivity index (χ1v) is 7.35. The van der Waals surface area contributed by atoms with Crippen LogP contribution < -0.4 is 10.5 Å². The number of hydrogen-bond donors (Lipinski definition) is 1. The van der Waals surface area contributed by atoms with E-state index in [4.69, 9.17) is 26.8 Å². The Morgan fingerprint density at radius 1 is 1.24 bits per heavy atom. The highest BCUT2D eigenvalue weighted by Crippen LogP contribution is 2.41. The van der Waals surface area contributed by atoms with E-state index in [1.54, 1.807) is 7.11 Å². The largest absolute Gasteiger partial charge is 0.485 e. The Bertz CT molecular complexity index is 644. The molecule has 0 bridgehead atoms. The number of hydrogen-bond acceptors (Lipinski definition) is 3. The van der Waals surface area contributed by atoms with E-state index in [9.17, 15) is 0 Å². The molecule has 1 aliphatic heterocycles. The van der Waals surface area contributed by atoms with E-state index in [-0.39, 0.29) is 12.1 Å². The summed E-state index contributed by atoms with van der Waals surface area (Å²) < 4.78 is 11.4. The number of rotatable bonds is 3. The molecule has 0 amide bonds. The molecule has 0 spiro atoms. The molecule has 2 atom stereocenters. The molecular weight excluding hydrogens is 286 g/mol. The van der Waals surface area contributed by atoms with E-state index in [0.717, 1.165) is 28.9 Å². The normalized spacial score (nSPS) is 20.7. The minimum Gasteiger partial charge on any atom is -0.485 e. The van der Waals surface area contributed by atoms with Crippen molar-refractivity contribution in [2.45, 2.75) is 25.2 Å². The zero-order valence-corrected chi connectivity index (χ0v) is 12.6. The van der Waals surface area contributed by atoms with Crippen molar-refractivity contribution in [1.29, 1.82) is 0 Å². The van der Waals surface area contributed by atoms with Gasteiger partial charge < -0.3 is 15.2 Å². The summed E-state index contributed by atoms with van der Waals surface area (Å²) in [6.45, 7) is 0.568. The van der Waals surface area contributed by atoms with Crippen LogP contribution in [-0.2, 0) is 11.3 Å². The highest BCUT2D eigenvalue weighted by atomic mass is 35.5. The van der Waals surface area contributed by atoms with Crippen molar-refractivity contribution in [3.05, 3.63) is 64.2 Å². The molecule has 2 aromatic rings. The van der Waals surface area contributed by atoms with Crippen molar-refractivity contribution < 1.29 is 9.47 Å². The maximum absolute atomic E-state index is 6.30. The maximum Gasteiger partial charge on any atom is 0.126 e. The molecule has 2 unspecified atom stereocenters. The topological polar surface area (TPSA) is 44.5 Å². The van der Waals surface area contributed by atoms with Gasteiger partial charge in [0.05, 0.1) is 6.61 Å². The number of benzene rings is 2. The predicted octanol–water partition coefficient (Wildman–Crippen LogP) is 4.01. The molecule has 3 nitrogen and oxygen atoms in total. The number of nitrogens with two attached hydrogens (primary N) is 1. The molecular formula is C17H18ClNO2. The van der Waals surface area contributed by atoms with Crippen LogP contribution in [0.4, 0.5) is 0 Å². The Morgan fingerprint density at radius 3 is 2.86 bits per heavy atom. The summed E-state index contributed by atoms with van der Waals surface area (Å²) in [5.41, 5.74) is 9.54. The van der Waals surface area contributed by atoms with Crippen LogP contribution in [-0.4, -0.2) is 7.11 Å². The van der Waals surface area contributed by atoms with Gasteiger partial charge in [-0.1, -0.05) is 35.9 Å². The molecule has 0 radical (unpaired) electrons. The Kier molecular flexibility index (Phi) is 4.15. The van der Waals surface area contributed by atoms with E-state index in [1.807, 2.05) is 30.3 Å². The highest BCUT2D eigenvalue weighted by molar-refractivity contribution is 6.30. The molecule has 1 aliphatic rings. The fourth-order valence-corrected chi connectivity index (χ4v) is 2.98. The monoisotopic (exact) mass is 303 g/mol. The Morgan fingerprint density at radius 2 is 2.05 bits per heavy atom. The van der Waals surface area contributed by atoms with E-state index in [1.165, 1.54) is 0 Å². The van der Waals surface area contributed by atoms with Crippen molar-refractivity contribution >= 4 is 11.6 Å². The Hall–Kier alpha value is -1.55. The number of ether oxygens (including phenoxy) is 2. The third-order valence-corrected chi connectivity index (χ3v) is 4.05. The van der Waals surface area contributed by atoms with Crippen molar-refractivity contribution in [2.24, 2.45) is 5.73 Å². The summed E-state index contributed by atoms with van der Waals surface area (Å²) in [6.07, 6.45) is 0.675. The van der Waals surface area contributed by atoms with Gasteiger partial charge in [-0.3, -0.25) is 0 Å². The summed E-state index contributed by atoms with van der Waals surface area (Å²) in [5.74, 6) is 0.815. The zero-order valence-electron chi connectivity index (χ0n) is 11.9. The lowest BCUT2D eigenvalue weighted by molar-refractivity contribution is 0.151. The van der Waals surface area contributed by atoms with E-state index < -0.39 is 0 Å². The van der Waals surface area contributed by atoms with Gasteiger partial charge in [-0.05, 0) is 29.3 Å². The standard InChI is InChI=1S/C17H18ClNO2/c1-20-10-11-4-2-3-5-13(11)17-9-15(19)14-8-12(18)6-7-16(14)21-17/h2-8,15,17H,9-10,19H2,1H3. The van der Waals surface area contributed by atoms with Crippen LogP contribution in [0.3, 0.4) is 0 Å². The maximum atomic E-state index is 6.30. The van der Waals surface area contributed by atoms with Crippen LogP contribution in [0.25, 0.3) is 0 Å². The van der Waals surface area contributed by atoms with E-state index in [0.29, 0.717) is 11.6 Å². The second kappa shape index (κ2) is 6.06. The van der Waals surface area contributed by atoms with Gasteiger partial charge in [0.25, 0.3) is 0 Å².